The van der Waals surface area contributed by atoms with Crippen LogP contribution in [0.4, 0.5) is 0 Å². The number of ether oxygens (including phenoxy) is 1. The van der Waals surface area contributed by atoms with Gasteiger partial charge in [-0.25, -0.2) is 4.79 Å². The van der Waals surface area contributed by atoms with Crippen molar-refractivity contribution in [2.45, 2.75) is 26.7 Å². The van der Waals surface area contributed by atoms with Crippen LogP contribution in [0.25, 0.3) is 0 Å². The highest BCUT2D eigenvalue weighted by Crippen LogP contribution is 2.29. The second-order valence-electron chi connectivity index (χ2n) is 4.92. The van der Waals surface area contributed by atoms with Gasteiger partial charge in [0.15, 0.2) is 0 Å². The molecule has 1 aromatic rings. The molecule has 0 fully saturated rings. The first-order valence-electron chi connectivity index (χ1n) is 6.07. The number of carboxylic acid groups (broad SMARTS) is 1. The average Bonchev–Trinajstić information content (AvgIpc) is 2.28. The van der Waals surface area contributed by atoms with Gasteiger partial charge >= 0.3 is 5.97 Å². The van der Waals surface area contributed by atoms with Gasteiger partial charge in [0.2, 0.25) is 0 Å². The molecular weight excluding hydrogens is 216 g/mol. The zero-order valence-corrected chi connectivity index (χ0v) is 10.3. The molecule has 17 heavy (non-hydrogen) atoms. The van der Waals surface area contributed by atoms with Crippen LogP contribution in [0.3, 0.4) is 0 Å². The molecule has 0 spiro atoms. The SMILES string of the molecule is CC1CCOc2ccc(C(=O)O)cc2CC1C. The third-order valence-corrected chi connectivity index (χ3v) is 3.65. The Balaban J connectivity index is 2.34. The van der Waals surface area contributed by atoms with E-state index in [0.29, 0.717) is 24.0 Å². The molecule has 0 aliphatic carbocycles. The predicted octanol–water partition coefficient (Wildman–Crippen LogP) is 2.98. The first kappa shape index (κ1) is 12.0. The Kier molecular flexibility index (Phi) is 3.36. The van der Waals surface area contributed by atoms with Crippen molar-refractivity contribution >= 4 is 5.97 Å². The molecule has 0 aromatic heterocycles. The summed E-state index contributed by atoms with van der Waals surface area (Å²) in [5, 5.41) is 8.99. The van der Waals surface area contributed by atoms with Crippen molar-refractivity contribution in [1.29, 1.82) is 0 Å². The maximum atomic E-state index is 10.9. The van der Waals surface area contributed by atoms with Gasteiger partial charge in [-0.15, -0.1) is 0 Å². The quantitative estimate of drug-likeness (QED) is 0.812. The Labute approximate surface area is 101 Å². The normalized spacial score (nSPS) is 24.1. The summed E-state index contributed by atoms with van der Waals surface area (Å²) in [5.41, 5.74) is 1.36. The Bertz CT molecular complexity index is 425. The summed E-state index contributed by atoms with van der Waals surface area (Å²) in [4.78, 5) is 10.9. The zero-order valence-electron chi connectivity index (χ0n) is 10.3. The topological polar surface area (TPSA) is 46.5 Å². The van der Waals surface area contributed by atoms with E-state index in [9.17, 15) is 4.79 Å². The molecule has 2 atom stereocenters. The van der Waals surface area contributed by atoms with Crippen molar-refractivity contribution in [2.75, 3.05) is 6.61 Å². The molecule has 2 unspecified atom stereocenters. The molecule has 2 rings (SSSR count). The standard InChI is InChI=1S/C14H18O3/c1-9-5-6-17-13-4-3-11(14(15)16)8-12(13)7-10(9)2/h3-4,8-10H,5-7H2,1-2H3,(H,15,16). The molecule has 3 nitrogen and oxygen atoms in total. The minimum atomic E-state index is -0.879. The lowest BCUT2D eigenvalue weighted by atomic mass is 9.86. The van der Waals surface area contributed by atoms with E-state index >= 15 is 0 Å². The molecule has 0 amide bonds. The molecule has 1 heterocycles. The molecule has 1 N–H and O–H groups in total. The molecular formula is C14H18O3. The number of hydrogen-bond acceptors (Lipinski definition) is 2. The number of aromatic carboxylic acids is 1. The van der Waals surface area contributed by atoms with Crippen LogP contribution >= 0.6 is 0 Å². The van der Waals surface area contributed by atoms with Crippen LogP contribution in [0.2, 0.25) is 0 Å². The van der Waals surface area contributed by atoms with Gasteiger partial charge in [0.1, 0.15) is 5.75 Å². The Morgan fingerprint density at radius 3 is 2.82 bits per heavy atom. The van der Waals surface area contributed by atoms with E-state index in [1.54, 1.807) is 18.2 Å². The van der Waals surface area contributed by atoms with Crippen LogP contribution < -0.4 is 4.74 Å². The maximum Gasteiger partial charge on any atom is 0.335 e. The third-order valence-electron chi connectivity index (χ3n) is 3.65. The highest BCUT2D eigenvalue weighted by molar-refractivity contribution is 5.88. The Morgan fingerprint density at radius 1 is 1.35 bits per heavy atom. The summed E-state index contributed by atoms with van der Waals surface area (Å²) in [6.07, 6.45) is 1.94. The summed E-state index contributed by atoms with van der Waals surface area (Å²) in [6.45, 7) is 5.15. The average molecular weight is 234 g/mol. The summed E-state index contributed by atoms with van der Waals surface area (Å²) in [7, 11) is 0. The van der Waals surface area contributed by atoms with Gasteiger partial charge in [-0.1, -0.05) is 13.8 Å². The largest absolute Gasteiger partial charge is 0.493 e. The molecule has 1 aliphatic rings. The fraction of sp³-hybridized carbons (Fsp3) is 0.500. The Morgan fingerprint density at radius 2 is 2.12 bits per heavy atom. The van der Waals surface area contributed by atoms with Crippen molar-refractivity contribution < 1.29 is 14.6 Å². The Hall–Kier alpha value is -1.51. The lowest BCUT2D eigenvalue weighted by Crippen LogP contribution is -2.18. The molecule has 0 bridgehead atoms. The van der Waals surface area contributed by atoms with Gasteiger partial charge in [-0.3, -0.25) is 0 Å². The van der Waals surface area contributed by atoms with Crippen molar-refractivity contribution in [3.8, 4) is 5.75 Å². The third kappa shape index (κ3) is 2.60. The zero-order chi connectivity index (χ0) is 12.4. The van der Waals surface area contributed by atoms with Gasteiger partial charge in [-0.2, -0.15) is 0 Å². The second kappa shape index (κ2) is 4.78. The van der Waals surface area contributed by atoms with Crippen LogP contribution in [0.15, 0.2) is 18.2 Å². The molecule has 0 saturated carbocycles. The minimum absolute atomic E-state index is 0.341. The monoisotopic (exact) mass is 234 g/mol. The van der Waals surface area contributed by atoms with Crippen molar-refractivity contribution in [1.82, 2.24) is 0 Å². The molecule has 1 aliphatic heterocycles. The first-order valence-corrected chi connectivity index (χ1v) is 6.07. The summed E-state index contributed by atoms with van der Waals surface area (Å²) in [5.74, 6) is 1.13. The van der Waals surface area contributed by atoms with E-state index in [0.717, 1.165) is 24.2 Å². The van der Waals surface area contributed by atoms with Crippen molar-refractivity contribution in [2.24, 2.45) is 11.8 Å². The molecule has 3 heteroatoms. The number of hydrogen-bond donors (Lipinski definition) is 1. The fourth-order valence-corrected chi connectivity index (χ4v) is 2.20. The second-order valence-corrected chi connectivity index (χ2v) is 4.92. The van der Waals surface area contributed by atoms with E-state index in [-0.39, 0.29) is 0 Å². The number of benzene rings is 1. The summed E-state index contributed by atoms with van der Waals surface area (Å²) >= 11 is 0. The molecule has 92 valence electrons. The number of carbonyl (C=O) groups is 1. The van der Waals surface area contributed by atoms with Crippen molar-refractivity contribution in [3.63, 3.8) is 0 Å². The summed E-state index contributed by atoms with van der Waals surface area (Å²) in [6, 6.07) is 5.13. The fourth-order valence-electron chi connectivity index (χ4n) is 2.20. The van der Waals surface area contributed by atoms with Crippen LogP contribution in [-0.2, 0) is 6.42 Å². The smallest absolute Gasteiger partial charge is 0.335 e. The summed E-state index contributed by atoms with van der Waals surface area (Å²) < 4.78 is 5.69. The van der Waals surface area contributed by atoms with Gasteiger partial charge in [0, 0.05) is 0 Å². The predicted molar refractivity (Wildman–Crippen MR) is 65.5 cm³/mol. The van der Waals surface area contributed by atoms with E-state index in [2.05, 4.69) is 13.8 Å². The first-order chi connectivity index (χ1) is 8.08. The lowest BCUT2D eigenvalue weighted by Gasteiger charge is -2.25. The van der Waals surface area contributed by atoms with Crippen LogP contribution in [-0.4, -0.2) is 17.7 Å². The van der Waals surface area contributed by atoms with E-state index in [4.69, 9.17) is 9.84 Å². The van der Waals surface area contributed by atoms with Gasteiger partial charge in [0.05, 0.1) is 12.2 Å². The van der Waals surface area contributed by atoms with Crippen LogP contribution in [0, 0.1) is 11.8 Å². The maximum absolute atomic E-state index is 10.9. The molecule has 0 radical (unpaired) electrons. The van der Waals surface area contributed by atoms with Gasteiger partial charge in [0.25, 0.3) is 0 Å². The van der Waals surface area contributed by atoms with E-state index in [1.807, 2.05) is 0 Å². The van der Waals surface area contributed by atoms with Crippen molar-refractivity contribution in [3.05, 3.63) is 29.3 Å². The van der Waals surface area contributed by atoms with Gasteiger partial charge < -0.3 is 9.84 Å². The van der Waals surface area contributed by atoms with Crippen LogP contribution in [0.5, 0.6) is 5.75 Å². The minimum Gasteiger partial charge on any atom is -0.493 e. The van der Waals surface area contributed by atoms with E-state index < -0.39 is 5.97 Å². The highest BCUT2D eigenvalue weighted by atomic mass is 16.5. The number of rotatable bonds is 1. The molecule has 1 aromatic carbocycles. The van der Waals surface area contributed by atoms with Crippen LogP contribution in [0.1, 0.15) is 36.2 Å². The van der Waals surface area contributed by atoms with E-state index in [1.165, 1.54) is 0 Å². The highest BCUT2D eigenvalue weighted by Gasteiger charge is 2.19. The lowest BCUT2D eigenvalue weighted by molar-refractivity contribution is 0.0696. The molecule has 0 saturated heterocycles. The number of carboxylic acids is 1. The number of fused-ring (bicyclic) bond motifs is 1. The van der Waals surface area contributed by atoms with Gasteiger partial charge in [-0.05, 0) is 48.4 Å².